The second-order valence-corrected chi connectivity index (χ2v) is 6.73. The van der Waals surface area contributed by atoms with Crippen LogP contribution in [-0.4, -0.2) is 35.7 Å². The minimum absolute atomic E-state index is 0. The molecule has 0 aliphatic heterocycles. The molecule has 1 atom stereocenters. The molecule has 160 valence electrons. The molecule has 0 spiro atoms. The molecule has 0 bridgehead atoms. The van der Waals surface area contributed by atoms with E-state index in [1.54, 1.807) is 13.2 Å². The van der Waals surface area contributed by atoms with E-state index in [1.807, 2.05) is 47.4 Å². The van der Waals surface area contributed by atoms with Crippen LogP contribution in [0.2, 0.25) is 0 Å². The largest absolute Gasteiger partial charge is 0.374 e. The molecule has 3 aromatic rings. The highest BCUT2D eigenvalue weighted by Gasteiger charge is 2.06. The highest BCUT2D eigenvalue weighted by atomic mass is 127. The maximum absolute atomic E-state index is 5.92. The summed E-state index contributed by atoms with van der Waals surface area (Å²) in [6.45, 7) is 4.25. The van der Waals surface area contributed by atoms with Crippen LogP contribution in [0.25, 0.3) is 5.69 Å². The van der Waals surface area contributed by atoms with Crippen molar-refractivity contribution in [3.63, 3.8) is 0 Å². The summed E-state index contributed by atoms with van der Waals surface area (Å²) >= 11 is 0. The predicted molar refractivity (Wildman–Crippen MR) is 133 cm³/mol. The maximum atomic E-state index is 5.92. The number of nitrogens with one attached hydrogen (secondary N) is 2. The minimum Gasteiger partial charge on any atom is -0.374 e. The van der Waals surface area contributed by atoms with Crippen LogP contribution in [0, 0.1) is 0 Å². The summed E-state index contributed by atoms with van der Waals surface area (Å²) in [4.78, 5) is 8.45. The lowest BCUT2D eigenvalue weighted by Crippen LogP contribution is -2.37. The van der Waals surface area contributed by atoms with E-state index >= 15 is 0 Å². The average Bonchev–Trinajstić information content (AvgIpc) is 3.31. The van der Waals surface area contributed by atoms with Gasteiger partial charge in [0, 0.05) is 39.1 Å². The van der Waals surface area contributed by atoms with Crippen LogP contribution < -0.4 is 10.6 Å². The summed E-state index contributed by atoms with van der Waals surface area (Å²) < 4.78 is 7.93. The molecule has 7 heteroatoms. The molecule has 1 unspecified atom stereocenters. The van der Waals surface area contributed by atoms with Gasteiger partial charge in [0.05, 0.1) is 18.1 Å². The molecule has 1 heterocycles. The molecule has 30 heavy (non-hydrogen) atoms. The first-order valence-corrected chi connectivity index (χ1v) is 9.95. The lowest BCUT2D eigenvalue weighted by atomic mass is 10.1. The van der Waals surface area contributed by atoms with E-state index in [0.717, 1.165) is 24.6 Å². The molecule has 2 N–H and O–H groups in total. The van der Waals surface area contributed by atoms with Crippen LogP contribution in [0.1, 0.15) is 30.6 Å². The van der Waals surface area contributed by atoms with Gasteiger partial charge in [0.1, 0.15) is 0 Å². The zero-order valence-corrected chi connectivity index (χ0v) is 19.8. The number of guanidine groups is 1. The highest BCUT2D eigenvalue weighted by molar-refractivity contribution is 14.0. The number of rotatable bonds is 9. The van der Waals surface area contributed by atoms with E-state index < -0.39 is 0 Å². The number of aromatic nitrogens is 2. The summed E-state index contributed by atoms with van der Waals surface area (Å²) in [7, 11) is 1.78. The van der Waals surface area contributed by atoms with Gasteiger partial charge in [0.2, 0.25) is 0 Å². The molecular weight excluding hydrogens is 489 g/mol. The Balaban J connectivity index is 0.00000320. The second kappa shape index (κ2) is 13.0. The summed E-state index contributed by atoms with van der Waals surface area (Å²) in [6, 6.07) is 18.5. The summed E-state index contributed by atoms with van der Waals surface area (Å²) in [5, 5.41) is 6.73. The zero-order chi connectivity index (χ0) is 20.3. The zero-order valence-electron chi connectivity index (χ0n) is 17.5. The lowest BCUT2D eigenvalue weighted by molar-refractivity contribution is 0.0646. The van der Waals surface area contributed by atoms with Gasteiger partial charge in [0.15, 0.2) is 5.96 Å². The lowest BCUT2D eigenvalue weighted by Gasteiger charge is -2.16. The number of nitrogens with zero attached hydrogens (tertiary/aromatic N) is 3. The predicted octanol–water partition coefficient (Wildman–Crippen LogP) is 4.32. The molecular formula is C23H30IN5O. The van der Waals surface area contributed by atoms with E-state index in [-0.39, 0.29) is 30.1 Å². The second-order valence-electron chi connectivity index (χ2n) is 6.73. The van der Waals surface area contributed by atoms with Gasteiger partial charge < -0.3 is 19.9 Å². The fraction of sp³-hybridized carbons (Fsp3) is 0.304. The quantitative estimate of drug-likeness (QED) is 0.191. The third-order valence-electron chi connectivity index (χ3n) is 4.69. The third kappa shape index (κ3) is 7.14. The normalized spacial score (nSPS) is 12.1. The first kappa shape index (κ1) is 23.9. The fourth-order valence-corrected chi connectivity index (χ4v) is 3.07. The molecule has 1 aromatic heterocycles. The number of ether oxygens (including phenoxy) is 1. The Morgan fingerprint density at radius 3 is 2.60 bits per heavy atom. The van der Waals surface area contributed by atoms with Crippen molar-refractivity contribution >= 4 is 29.9 Å². The number of benzene rings is 2. The van der Waals surface area contributed by atoms with E-state index in [9.17, 15) is 0 Å². The smallest absolute Gasteiger partial charge is 0.191 e. The Morgan fingerprint density at radius 1 is 1.10 bits per heavy atom. The van der Waals surface area contributed by atoms with Crippen molar-refractivity contribution < 1.29 is 4.74 Å². The molecule has 2 aromatic carbocycles. The Labute approximate surface area is 195 Å². The van der Waals surface area contributed by atoms with Gasteiger partial charge in [-0.25, -0.2) is 4.98 Å². The van der Waals surface area contributed by atoms with Crippen LogP contribution in [0.15, 0.2) is 78.3 Å². The third-order valence-corrected chi connectivity index (χ3v) is 4.69. The van der Waals surface area contributed by atoms with Gasteiger partial charge in [-0.2, -0.15) is 0 Å². The molecule has 3 rings (SSSR count). The fourth-order valence-electron chi connectivity index (χ4n) is 3.07. The van der Waals surface area contributed by atoms with Gasteiger partial charge in [-0.05, 0) is 30.5 Å². The Morgan fingerprint density at radius 2 is 1.87 bits per heavy atom. The van der Waals surface area contributed by atoms with Crippen LogP contribution in [0.4, 0.5) is 0 Å². The van der Waals surface area contributed by atoms with Crippen molar-refractivity contribution in [2.45, 2.75) is 26.0 Å². The number of hydrogen-bond donors (Lipinski definition) is 2. The van der Waals surface area contributed by atoms with Crippen molar-refractivity contribution in [1.29, 1.82) is 0 Å². The van der Waals surface area contributed by atoms with Crippen molar-refractivity contribution in [2.24, 2.45) is 4.99 Å². The first-order valence-electron chi connectivity index (χ1n) is 9.95. The van der Waals surface area contributed by atoms with Crippen LogP contribution >= 0.6 is 24.0 Å². The van der Waals surface area contributed by atoms with Gasteiger partial charge in [-0.3, -0.25) is 4.99 Å². The number of imidazole rings is 1. The molecule has 0 saturated carbocycles. The van der Waals surface area contributed by atoms with Crippen LogP contribution in [0.3, 0.4) is 0 Å². The SMILES string of the molecule is CN=C(NCCCOC(C)c1ccccc1)NCc1ccccc1-n1ccnc1.I. The number of para-hydroxylation sites is 1. The van der Waals surface area contributed by atoms with E-state index in [0.29, 0.717) is 13.2 Å². The average molecular weight is 519 g/mol. The monoisotopic (exact) mass is 519 g/mol. The molecule has 0 aliphatic carbocycles. The number of halogens is 1. The van der Waals surface area contributed by atoms with Crippen molar-refractivity contribution in [2.75, 3.05) is 20.2 Å². The van der Waals surface area contributed by atoms with E-state index in [1.165, 1.54) is 11.1 Å². The van der Waals surface area contributed by atoms with Crippen molar-refractivity contribution in [1.82, 2.24) is 20.2 Å². The van der Waals surface area contributed by atoms with Gasteiger partial charge in [-0.1, -0.05) is 48.5 Å². The highest BCUT2D eigenvalue weighted by Crippen LogP contribution is 2.16. The molecule has 0 aliphatic rings. The van der Waals surface area contributed by atoms with Gasteiger partial charge >= 0.3 is 0 Å². The first-order chi connectivity index (χ1) is 14.3. The molecule has 0 amide bonds. The Kier molecular flexibility index (Phi) is 10.4. The summed E-state index contributed by atoms with van der Waals surface area (Å²) in [5.74, 6) is 0.779. The minimum atomic E-state index is 0. The number of aliphatic imine (C=N–C) groups is 1. The van der Waals surface area contributed by atoms with Gasteiger partial charge in [-0.15, -0.1) is 24.0 Å². The number of hydrogen-bond acceptors (Lipinski definition) is 3. The molecule has 6 nitrogen and oxygen atoms in total. The molecule has 0 saturated heterocycles. The summed E-state index contributed by atoms with van der Waals surface area (Å²) in [5.41, 5.74) is 3.49. The summed E-state index contributed by atoms with van der Waals surface area (Å²) in [6.07, 6.45) is 6.55. The van der Waals surface area contributed by atoms with E-state index in [4.69, 9.17) is 4.74 Å². The van der Waals surface area contributed by atoms with Gasteiger partial charge in [0.25, 0.3) is 0 Å². The van der Waals surface area contributed by atoms with E-state index in [2.05, 4.69) is 51.8 Å². The standard InChI is InChI=1S/C23H29N5O.HI/c1-19(20-9-4-3-5-10-20)29-16-8-13-26-23(24-2)27-17-21-11-6-7-12-22(21)28-15-14-25-18-28;/h3-7,9-12,14-15,18-19H,8,13,16-17H2,1-2H3,(H2,24,26,27);1H. The van der Waals surface area contributed by atoms with Crippen molar-refractivity contribution in [3.05, 3.63) is 84.4 Å². The molecule has 0 fully saturated rings. The molecule has 0 radical (unpaired) electrons. The maximum Gasteiger partial charge on any atom is 0.191 e. The van der Waals surface area contributed by atoms with Crippen LogP contribution in [0.5, 0.6) is 0 Å². The Hall–Kier alpha value is -2.39. The van der Waals surface area contributed by atoms with Crippen LogP contribution in [-0.2, 0) is 11.3 Å². The Bertz CT molecular complexity index is 884. The topological polar surface area (TPSA) is 63.5 Å². The van der Waals surface area contributed by atoms with Crippen molar-refractivity contribution in [3.8, 4) is 5.69 Å².